The normalized spacial score (nSPS) is 21.5. The molecule has 0 saturated carbocycles. The molecule has 1 saturated heterocycles. The van der Waals surface area contributed by atoms with E-state index in [0.29, 0.717) is 0 Å². The van der Waals surface area contributed by atoms with Crippen LogP contribution < -0.4 is 15.4 Å². The SMILES string of the molecule is CC(C)(CNC(=O)[C@H]1CCCN1)NS(C)(=O)=O. The molecule has 1 atom stereocenters. The predicted molar refractivity (Wildman–Crippen MR) is 66.1 cm³/mol. The van der Waals surface area contributed by atoms with Gasteiger partial charge in [-0.2, -0.15) is 0 Å². The van der Waals surface area contributed by atoms with Crippen LogP contribution in [0, 0.1) is 0 Å². The molecule has 0 spiro atoms. The van der Waals surface area contributed by atoms with Crippen molar-refractivity contribution in [2.75, 3.05) is 19.3 Å². The van der Waals surface area contributed by atoms with Crippen molar-refractivity contribution in [1.82, 2.24) is 15.4 Å². The molecule has 0 bridgehead atoms. The van der Waals surface area contributed by atoms with E-state index in [1.807, 2.05) is 0 Å². The molecule has 0 aromatic rings. The van der Waals surface area contributed by atoms with Crippen LogP contribution in [0.1, 0.15) is 26.7 Å². The number of carbonyl (C=O) groups excluding carboxylic acids is 1. The molecule has 0 radical (unpaired) electrons. The Morgan fingerprint density at radius 3 is 2.59 bits per heavy atom. The third kappa shape index (κ3) is 5.47. The Labute approximate surface area is 103 Å². The number of amides is 1. The van der Waals surface area contributed by atoms with Crippen LogP contribution in [-0.4, -0.2) is 45.3 Å². The maximum Gasteiger partial charge on any atom is 0.237 e. The van der Waals surface area contributed by atoms with Crippen LogP contribution in [-0.2, 0) is 14.8 Å². The van der Waals surface area contributed by atoms with Crippen molar-refractivity contribution in [2.45, 2.75) is 38.3 Å². The Morgan fingerprint density at radius 2 is 2.12 bits per heavy atom. The van der Waals surface area contributed by atoms with Gasteiger partial charge in [-0.3, -0.25) is 4.79 Å². The highest BCUT2D eigenvalue weighted by atomic mass is 32.2. The fourth-order valence-electron chi connectivity index (χ4n) is 1.88. The first-order valence-corrected chi connectivity index (χ1v) is 7.59. The number of carbonyl (C=O) groups is 1. The second kappa shape index (κ2) is 5.32. The number of rotatable bonds is 5. The van der Waals surface area contributed by atoms with Gasteiger partial charge >= 0.3 is 0 Å². The number of hydrogen-bond acceptors (Lipinski definition) is 4. The topological polar surface area (TPSA) is 87.3 Å². The van der Waals surface area contributed by atoms with Crippen molar-refractivity contribution in [3.05, 3.63) is 0 Å². The molecule has 1 aliphatic heterocycles. The van der Waals surface area contributed by atoms with Crippen molar-refractivity contribution in [1.29, 1.82) is 0 Å². The molecule has 0 unspecified atom stereocenters. The van der Waals surface area contributed by atoms with Crippen molar-refractivity contribution >= 4 is 15.9 Å². The van der Waals surface area contributed by atoms with E-state index < -0.39 is 15.6 Å². The average Bonchev–Trinajstić information content (AvgIpc) is 2.63. The molecule has 7 heteroatoms. The molecule has 1 heterocycles. The maximum atomic E-state index is 11.7. The summed E-state index contributed by atoms with van der Waals surface area (Å²) in [6.45, 7) is 4.60. The van der Waals surface area contributed by atoms with Crippen molar-refractivity contribution in [3.63, 3.8) is 0 Å². The summed E-state index contributed by atoms with van der Waals surface area (Å²) in [5.41, 5.74) is -0.679. The first kappa shape index (κ1) is 14.4. The minimum Gasteiger partial charge on any atom is -0.353 e. The van der Waals surface area contributed by atoms with Crippen LogP contribution in [0.2, 0.25) is 0 Å². The molecular formula is C10H21N3O3S. The quantitative estimate of drug-likeness (QED) is 0.605. The van der Waals surface area contributed by atoms with Gasteiger partial charge in [0.25, 0.3) is 0 Å². The average molecular weight is 263 g/mol. The lowest BCUT2D eigenvalue weighted by atomic mass is 10.1. The molecule has 0 aromatic carbocycles. The fraction of sp³-hybridized carbons (Fsp3) is 0.900. The molecular weight excluding hydrogens is 242 g/mol. The van der Waals surface area contributed by atoms with Crippen LogP contribution in [0.5, 0.6) is 0 Å². The highest BCUT2D eigenvalue weighted by Gasteiger charge is 2.26. The van der Waals surface area contributed by atoms with E-state index in [4.69, 9.17) is 0 Å². The van der Waals surface area contributed by atoms with Gasteiger partial charge in [-0.05, 0) is 33.2 Å². The van der Waals surface area contributed by atoms with Crippen molar-refractivity contribution < 1.29 is 13.2 Å². The van der Waals surface area contributed by atoms with Crippen LogP contribution in [0.15, 0.2) is 0 Å². The third-order valence-corrected chi connectivity index (χ3v) is 3.47. The molecule has 1 fully saturated rings. The molecule has 1 rings (SSSR count). The standard InChI is InChI=1S/C10H21N3O3S/c1-10(2,13-17(3,15)16)7-12-9(14)8-5-4-6-11-8/h8,11,13H,4-7H2,1-3H3,(H,12,14)/t8-/m1/s1. The Kier molecular flexibility index (Phi) is 4.51. The minimum atomic E-state index is -3.27. The maximum absolute atomic E-state index is 11.7. The van der Waals surface area contributed by atoms with Gasteiger partial charge in [0.15, 0.2) is 0 Å². The van der Waals surface area contributed by atoms with E-state index in [2.05, 4.69) is 15.4 Å². The lowest BCUT2D eigenvalue weighted by Gasteiger charge is -2.26. The van der Waals surface area contributed by atoms with E-state index in [1.54, 1.807) is 13.8 Å². The van der Waals surface area contributed by atoms with Crippen LogP contribution in [0.25, 0.3) is 0 Å². The highest BCUT2D eigenvalue weighted by Crippen LogP contribution is 2.06. The third-order valence-electron chi connectivity index (χ3n) is 2.54. The Morgan fingerprint density at radius 1 is 1.47 bits per heavy atom. The van der Waals surface area contributed by atoms with E-state index in [-0.39, 0.29) is 18.5 Å². The largest absolute Gasteiger partial charge is 0.353 e. The predicted octanol–water partition coefficient (Wildman–Crippen LogP) is -0.818. The van der Waals surface area contributed by atoms with Gasteiger partial charge in [0, 0.05) is 12.1 Å². The van der Waals surface area contributed by atoms with Gasteiger partial charge < -0.3 is 10.6 Å². The number of sulfonamides is 1. The van der Waals surface area contributed by atoms with Gasteiger partial charge in [-0.15, -0.1) is 0 Å². The van der Waals surface area contributed by atoms with Gasteiger partial charge in [-0.25, -0.2) is 13.1 Å². The van der Waals surface area contributed by atoms with Crippen LogP contribution >= 0.6 is 0 Å². The van der Waals surface area contributed by atoms with Crippen LogP contribution in [0.3, 0.4) is 0 Å². The van der Waals surface area contributed by atoms with Crippen molar-refractivity contribution in [2.24, 2.45) is 0 Å². The molecule has 1 amide bonds. The summed E-state index contributed by atoms with van der Waals surface area (Å²) in [6.07, 6.45) is 2.95. The zero-order chi connectivity index (χ0) is 13.1. The number of hydrogen-bond donors (Lipinski definition) is 3. The van der Waals surface area contributed by atoms with Gasteiger partial charge in [-0.1, -0.05) is 0 Å². The zero-order valence-electron chi connectivity index (χ0n) is 10.5. The zero-order valence-corrected chi connectivity index (χ0v) is 11.4. The number of nitrogens with one attached hydrogen (secondary N) is 3. The van der Waals surface area contributed by atoms with E-state index in [9.17, 15) is 13.2 Å². The molecule has 3 N–H and O–H groups in total. The van der Waals surface area contributed by atoms with Gasteiger partial charge in [0.1, 0.15) is 0 Å². The summed E-state index contributed by atoms with van der Waals surface area (Å²) in [4.78, 5) is 11.7. The second-order valence-corrected chi connectivity index (χ2v) is 6.87. The first-order chi connectivity index (χ1) is 7.70. The monoisotopic (exact) mass is 263 g/mol. The summed E-state index contributed by atoms with van der Waals surface area (Å²) in [6, 6.07) is -0.135. The van der Waals surface area contributed by atoms with Crippen LogP contribution in [0.4, 0.5) is 0 Å². The summed E-state index contributed by atoms with van der Waals surface area (Å²) < 4.78 is 24.7. The summed E-state index contributed by atoms with van der Waals surface area (Å²) in [5.74, 6) is -0.0640. The van der Waals surface area contributed by atoms with Crippen molar-refractivity contribution in [3.8, 4) is 0 Å². The second-order valence-electron chi connectivity index (χ2n) is 5.12. The molecule has 1 aliphatic rings. The van der Waals surface area contributed by atoms with E-state index in [1.165, 1.54) is 0 Å². The Bertz CT molecular complexity index is 372. The summed E-state index contributed by atoms with van der Waals surface area (Å²) in [5, 5.41) is 5.85. The highest BCUT2D eigenvalue weighted by molar-refractivity contribution is 7.88. The first-order valence-electron chi connectivity index (χ1n) is 5.70. The smallest absolute Gasteiger partial charge is 0.237 e. The fourth-order valence-corrected chi connectivity index (χ4v) is 2.95. The lowest BCUT2D eigenvalue weighted by Crippen LogP contribution is -2.53. The molecule has 100 valence electrons. The van der Waals surface area contributed by atoms with Gasteiger partial charge in [0.05, 0.1) is 12.3 Å². The molecule has 6 nitrogen and oxygen atoms in total. The lowest BCUT2D eigenvalue weighted by molar-refractivity contribution is -0.123. The Balaban J connectivity index is 2.40. The van der Waals surface area contributed by atoms with E-state index in [0.717, 1.165) is 25.6 Å². The molecule has 0 aliphatic carbocycles. The molecule has 17 heavy (non-hydrogen) atoms. The van der Waals surface area contributed by atoms with Gasteiger partial charge in [0.2, 0.25) is 15.9 Å². The summed E-state index contributed by atoms with van der Waals surface area (Å²) in [7, 11) is -3.27. The molecule has 0 aromatic heterocycles. The Hall–Kier alpha value is -0.660. The van der Waals surface area contributed by atoms with E-state index >= 15 is 0 Å². The minimum absolute atomic E-state index is 0.0640. The summed E-state index contributed by atoms with van der Waals surface area (Å²) >= 11 is 0.